The normalized spacial score (nSPS) is 15.4. The number of piperidine rings is 1. The van der Waals surface area contributed by atoms with Crippen molar-refractivity contribution < 1.29 is 14.3 Å². The van der Waals surface area contributed by atoms with Gasteiger partial charge in [-0.1, -0.05) is 0 Å². The first-order valence-corrected chi connectivity index (χ1v) is 7.79. The van der Waals surface area contributed by atoms with Gasteiger partial charge >= 0.3 is 5.97 Å². The summed E-state index contributed by atoms with van der Waals surface area (Å²) in [5, 5.41) is 9.13. The van der Waals surface area contributed by atoms with E-state index in [9.17, 15) is 4.79 Å². The lowest BCUT2D eigenvalue weighted by Crippen LogP contribution is -2.30. The molecule has 2 rings (SSSR count). The van der Waals surface area contributed by atoms with Crippen molar-refractivity contribution in [1.29, 1.82) is 5.26 Å². The number of nitrogens with zero attached hydrogens (tertiary/aromatic N) is 2. The van der Waals surface area contributed by atoms with Crippen molar-refractivity contribution in [2.45, 2.75) is 25.7 Å². The van der Waals surface area contributed by atoms with Crippen molar-refractivity contribution in [3.05, 3.63) is 35.4 Å². The predicted octanol–water partition coefficient (Wildman–Crippen LogP) is 2.98. The molecule has 1 aliphatic heterocycles. The van der Waals surface area contributed by atoms with Crippen molar-refractivity contribution in [2.75, 3.05) is 27.3 Å². The van der Waals surface area contributed by atoms with Crippen LogP contribution in [0.5, 0.6) is 5.75 Å². The molecule has 0 spiro atoms. The van der Waals surface area contributed by atoms with Gasteiger partial charge in [0.1, 0.15) is 5.75 Å². The van der Waals surface area contributed by atoms with E-state index in [2.05, 4.69) is 11.0 Å². The summed E-state index contributed by atoms with van der Waals surface area (Å²) >= 11 is 0. The molecule has 0 bridgehead atoms. The molecule has 0 radical (unpaired) electrons. The van der Waals surface area contributed by atoms with E-state index >= 15 is 0 Å². The molecule has 1 saturated heterocycles. The van der Waals surface area contributed by atoms with Gasteiger partial charge in [0.05, 0.1) is 38.0 Å². The molecule has 5 nitrogen and oxygen atoms in total. The van der Waals surface area contributed by atoms with Gasteiger partial charge in [-0.3, -0.25) is 0 Å². The molecule has 0 amide bonds. The van der Waals surface area contributed by atoms with Gasteiger partial charge in [0.25, 0.3) is 0 Å². The fraction of sp³-hybridized carbons (Fsp3) is 0.444. The molecule has 0 aromatic heterocycles. The smallest absolute Gasteiger partial charge is 0.336 e. The van der Waals surface area contributed by atoms with E-state index < -0.39 is 5.97 Å². The van der Waals surface area contributed by atoms with Crippen LogP contribution in [0.1, 0.15) is 31.2 Å². The van der Waals surface area contributed by atoms with E-state index in [1.54, 1.807) is 7.11 Å². The Bertz CT molecular complexity index is 608. The number of methoxy groups -OCH3 is 2. The Morgan fingerprint density at radius 1 is 1.17 bits per heavy atom. The van der Waals surface area contributed by atoms with Gasteiger partial charge in [0.2, 0.25) is 0 Å². The minimum atomic E-state index is -0.442. The van der Waals surface area contributed by atoms with E-state index in [4.69, 9.17) is 14.7 Å². The minimum Gasteiger partial charge on any atom is -0.497 e. The Hall–Kier alpha value is -2.48. The van der Waals surface area contributed by atoms with E-state index in [1.165, 1.54) is 13.5 Å². The second-order valence-electron chi connectivity index (χ2n) is 5.43. The first-order chi connectivity index (χ1) is 11.2. The first kappa shape index (κ1) is 16.9. The number of hydrogen-bond donors (Lipinski definition) is 0. The van der Waals surface area contributed by atoms with Gasteiger partial charge in [-0.2, -0.15) is 5.26 Å². The van der Waals surface area contributed by atoms with Gasteiger partial charge in [-0.05, 0) is 49.1 Å². The summed E-state index contributed by atoms with van der Waals surface area (Å²) in [6.07, 6.45) is 3.39. The molecular weight excluding hydrogens is 292 g/mol. The number of benzene rings is 1. The first-order valence-electron chi connectivity index (χ1n) is 7.79. The van der Waals surface area contributed by atoms with E-state index in [0.29, 0.717) is 5.57 Å². The molecule has 0 aliphatic carbocycles. The molecule has 1 aromatic rings. The van der Waals surface area contributed by atoms with Crippen LogP contribution in [0.25, 0.3) is 5.70 Å². The fourth-order valence-electron chi connectivity index (χ4n) is 2.87. The fourth-order valence-corrected chi connectivity index (χ4v) is 2.87. The lowest BCUT2D eigenvalue weighted by molar-refractivity contribution is -0.136. The van der Waals surface area contributed by atoms with E-state index in [0.717, 1.165) is 42.9 Å². The highest BCUT2D eigenvalue weighted by Gasteiger charge is 2.23. The van der Waals surface area contributed by atoms with Crippen molar-refractivity contribution >= 4 is 11.7 Å². The maximum Gasteiger partial charge on any atom is 0.336 e. The number of carbonyl (C=O) groups is 1. The lowest BCUT2D eigenvalue weighted by atomic mass is 10.00. The standard InChI is InChI=1S/C18H22N2O3/c1-22-15-8-6-14(7-9-15)17(20-12-4-3-5-13-20)16(10-11-19)18(21)23-2/h6-9H,3-5,10,12-13H2,1-2H3/b17-16-. The van der Waals surface area contributed by atoms with Gasteiger partial charge in [0.15, 0.2) is 0 Å². The SMILES string of the molecule is COC(=O)/C(CC#N)=C(/c1ccc(OC)cc1)N1CCCCC1. The Labute approximate surface area is 137 Å². The van der Waals surface area contributed by atoms with Gasteiger partial charge in [0, 0.05) is 13.1 Å². The van der Waals surface area contributed by atoms with Gasteiger partial charge in [-0.15, -0.1) is 0 Å². The topological polar surface area (TPSA) is 62.6 Å². The third-order valence-electron chi connectivity index (χ3n) is 4.01. The highest BCUT2D eigenvalue weighted by molar-refractivity contribution is 5.97. The second-order valence-corrected chi connectivity index (χ2v) is 5.43. The summed E-state index contributed by atoms with van der Waals surface area (Å²) in [6.45, 7) is 1.76. The highest BCUT2D eigenvalue weighted by Crippen LogP contribution is 2.29. The summed E-state index contributed by atoms with van der Waals surface area (Å²) in [5.41, 5.74) is 2.13. The molecule has 1 aliphatic rings. The number of esters is 1. The van der Waals surface area contributed by atoms with Gasteiger partial charge in [-0.25, -0.2) is 4.79 Å². The highest BCUT2D eigenvalue weighted by atomic mass is 16.5. The summed E-state index contributed by atoms with van der Waals surface area (Å²) in [5.74, 6) is 0.314. The maximum absolute atomic E-state index is 12.2. The average Bonchev–Trinajstić information content (AvgIpc) is 2.62. The zero-order valence-corrected chi connectivity index (χ0v) is 13.7. The van der Waals surface area contributed by atoms with Crippen LogP contribution in [-0.4, -0.2) is 38.2 Å². The Kier molecular flexibility index (Phi) is 6.04. The largest absolute Gasteiger partial charge is 0.497 e. The van der Waals surface area contributed by atoms with Crippen molar-refractivity contribution in [1.82, 2.24) is 4.90 Å². The number of nitriles is 1. The van der Waals surface area contributed by atoms with Crippen LogP contribution < -0.4 is 4.74 Å². The van der Waals surface area contributed by atoms with Gasteiger partial charge < -0.3 is 14.4 Å². The van der Waals surface area contributed by atoms with Crippen LogP contribution in [0.15, 0.2) is 29.8 Å². The van der Waals surface area contributed by atoms with Crippen LogP contribution >= 0.6 is 0 Å². The zero-order valence-electron chi connectivity index (χ0n) is 13.7. The molecule has 5 heteroatoms. The lowest BCUT2D eigenvalue weighted by Gasteiger charge is -2.32. The van der Waals surface area contributed by atoms with E-state index in [-0.39, 0.29) is 6.42 Å². The number of ether oxygens (including phenoxy) is 2. The van der Waals surface area contributed by atoms with Crippen LogP contribution in [0, 0.1) is 11.3 Å². The van der Waals surface area contributed by atoms with E-state index in [1.807, 2.05) is 24.3 Å². The van der Waals surface area contributed by atoms with Crippen molar-refractivity contribution in [3.8, 4) is 11.8 Å². The number of hydrogen-bond acceptors (Lipinski definition) is 5. The van der Waals surface area contributed by atoms with Crippen LogP contribution in [0.3, 0.4) is 0 Å². The number of rotatable bonds is 5. The van der Waals surface area contributed by atoms with Crippen LogP contribution in [0.4, 0.5) is 0 Å². The third-order valence-corrected chi connectivity index (χ3v) is 4.01. The predicted molar refractivity (Wildman–Crippen MR) is 87.6 cm³/mol. The number of carbonyl (C=O) groups excluding carboxylic acids is 1. The summed E-state index contributed by atoms with van der Waals surface area (Å²) in [4.78, 5) is 14.4. The molecule has 0 N–H and O–H groups in total. The maximum atomic E-state index is 12.2. The summed E-state index contributed by atoms with van der Waals surface area (Å²) in [6, 6.07) is 9.65. The Balaban J connectivity index is 2.52. The van der Waals surface area contributed by atoms with Crippen molar-refractivity contribution in [2.24, 2.45) is 0 Å². The quantitative estimate of drug-likeness (QED) is 0.617. The number of likely N-dealkylation sites (tertiary alicyclic amines) is 1. The monoisotopic (exact) mass is 314 g/mol. The molecule has 0 atom stereocenters. The zero-order chi connectivity index (χ0) is 16.7. The summed E-state index contributed by atoms with van der Waals surface area (Å²) < 4.78 is 10.1. The molecule has 122 valence electrons. The Morgan fingerprint density at radius 2 is 1.83 bits per heavy atom. The molecule has 0 saturated carbocycles. The second kappa shape index (κ2) is 8.23. The average molecular weight is 314 g/mol. The molecule has 1 heterocycles. The van der Waals surface area contributed by atoms with Crippen LogP contribution in [0.2, 0.25) is 0 Å². The van der Waals surface area contributed by atoms with Crippen LogP contribution in [-0.2, 0) is 9.53 Å². The minimum absolute atomic E-state index is 0.0323. The molecule has 1 fully saturated rings. The molecule has 23 heavy (non-hydrogen) atoms. The molecule has 1 aromatic carbocycles. The summed E-state index contributed by atoms with van der Waals surface area (Å²) in [7, 11) is 2.97. The van der Waals surface area contributed by atoms with Crippen molar-refractivity contribution in [3.63, 3.8) is 0 Å². The molecular formula is C18H22N2O3. The Morgan fingerprint density at radius 3 is 2.35 bits per heavy atom. The third kappa shape index (κ3) is 4.04. The molecule has 0 unspecified atom stereocenters.